The minimum Gasteiger partial charge on any atom is -0.460 e. The molecule has 2 atom stereocenters. The Morgan fingerprint density at radius 2 is 1.93 bits per heavy atom. The van der Waals surface area contributed by atoms with Crippen molar-refractivity contribution in [3.63, 3.8) is 0 Å². The lowest BCUT2D eigenvalue weighted by atomic mass is 10.1. The number of carbonyl (C=O) groups is 2. The zero-order chi connectivity index (χ0) is 10.6. The van der Waals surface area contributed by atoms with Gasteiger partial charge < -0.3 is 10.1 Å². The zero-order valence-electron chi connectivity index (χ0n) is 8.71. The van der Waals surface area contributed by atoms with Crippen molar-refractivity contribution < 1.29 is 14.3 Å². The van der Waals surface area contributed by atoms with E-state index in [4.69, 9.17) is 4.74 Å². The quantitative estimate of drug-likeness (QED) is 0.641. The highest BCUT2D eigenvalue weighted by Gasteiger charge is 2.34. The molecule has 14 heavy (non-hydrogen) atoms. The highest BCUT2D eigenvalue weighted by molar-refractivity contribution is 5.79. The molecule has 2 heterocycles. The molecule has 2 fully saturated rings. The van der Waals surface area contributed by atoms with Gasteiger partial charge in [0, 0.05) is 12.8 Å². The number of rotatable bonds is 1. The second-order valence-electron chi connectivity index (χ2n) is 3.28. The van der Waals surface area contributed by atoms with Gasteiger partial charge in [-0.25, -0.2) is 0 Å². The predicted octanol–water partition coefficient (Wildman–Crippen LogP) is 0.997. The van der Waals surface area contributed by atoms with Gasteiger partial charge in [0.05, 0.1) is 6.04 Å². The second-order valence-corrected chi connectivity index (χ2v) is 3.28. The van der Waals surface area contributed by atoms with E-state index in [1.54, 1.807) is 0 Å². The highest BCUT2D eigenvalue weighted by atomic mass is 16.5. The molecule has 0 saturated carbocycles. The summed E-state index contributed by atoms with van der Waals surface area (Å²) in [6, 6.07) is 0.0731. The zero-order valence-corrected chi connectivity index (χ0v) is 8.71. The van der Waals surface area contributed by atoms with Crippen molar-refractivity contribution in [2.45, 2.75) is 51.7 Å². The lowest BCUT2D eigenvalue weighted by Gasteiger charge is -2.16. The topological polar surface area (TPSA) is 55.4 Å². The Bertz CT molecular complexity index is 203. The summed E-state index contributed by atoms with van der Waals surface area (Å²) in [5.74, 6) is -0.0657. The van der Waals surface area contributed by atoms with Crippen molar-refractivity contribution in [2.24, 2.45) is 0 Å². The fraction of sp³-hybridized carbons (Fsp3) is 0.800. The first-order valence-electron chi connectivity index (χ1n) is 5.24. The molecule has 80 valence electrons. The number of ether oxygens (including phenoxy) is 1. The molecule has 2 aliphatic rings. The van der Waals surface area contributed by atoms with E-state index < -0.39 is 0 Å². The average Bonchev–Trinajstić information content (AvgIpc) is 2.78. The standard InChI is InChI=1S/C8H11NO3.C2H6/c10-7-3-1-5(9-7)6-2-4-8(11)12-6;1-2/h5-6H,1-4H2,(H,9,10);1-2H3. The van der Waals surface area contributed by atoms with E-state index in [2.05, 4.69) is 5.32 Å². The number of cyclic esters (lactones) is 1. The van der Waals surface area contributed by atoms with Gasteiger partial charge in [-0.05, 0) is 12.8 Å². The number of nitrogens with one attached hydrogen (secondary N) is 1. The van der Waals surface area contributed by atoms with Crippen molar-refractivity contribution in [1.29, 1.82) is 0 Å². The molecule has 0 aromatic rings. The van der Waals surface area contributed by atoms with Gasteiger partial charge in [-0.3, -0.25) is 9.59 Å². The van der Waals surface area contributed by atoms with Crippen molar-refractivity contribution >= 4 is 11.9 Å². The third-order valence-electron chi connectivity index (χ3n) is 2.39. The molecular weight excluding hydrogens is 182 g/mol. The van der Waals surface area contributed by atoms with E-state index in [1.165, 1.54) is 0 Å². The molecule has 1 N–H and O–H groups in total. The fourth-order valence-electron chi connectivity index (χ4n) is 1.75. The van der Waals surface area contributed by atoms with E-state index in [9.17, 15) is 9.59 Å². The fourth-order valence-corrected chi connectivity index (χ4v) is 1.75. The Labute approximate surface area is 84.0 Å². The van der Waals surface area contributed by atoms with Crippen molar-refractivity contribution in [3.05, 3.63) is 0 Å². The first kappa shape index (κ1) is 11.0. The number of amides is 1. The van der Waals surface area contributed by atoms with Crippen LogP contribution in [0, 0.1) is 0 Å². The highest BCUT2D eigenvalue weighted by Crippen LogP contribution is 2.22. The van der Waals surface area contributed by atoms with Gasteiger partial charge in [0.25, 0.3) is 0 Å². The van der Waals surface area contributed by atoms with E-state index in [1.807, 2.05) is 13.8 Å². The minimum absolute atomic E-state index is 0.0658. The van der Waals surface area contributed by atoms with E-state index in [0.717, 1.165) is 12.8 Å². The SMILES string of the molecule is CC.O=C1CCC(C2CCC(=O)O2)N1. The van der Waals surface area contributed by atoms with Crippen molar-refractivity contribution in [2.75, 3.05) is 0 Å². The molecule has 0 spiro atoms. The molecule has 0 aliphatic carbocycles. The molecular formula is C10H17NO3. The minimum atomic E-state index is -0.138. The molecule has 0 aromatic heterocycles. The van der Waals surface area contributed by atoms with Crippen LogP contribution in [0.1, 0.15) is 39.5 Å². The maximum Gasteiger partial charge on any atom is 0.306 e. The predicted molar refractivity (Wildman–Crippen MR) is 51.6 cm³/mol. The monoisotopic (exact) mass is 199 g/mol. The number of carbonyl (C=O) groups excluding carboxylic acids is 2. The van der Waals surface area contributed by atoms with Crippen molar-refractivity contribution in [3.8, 4) is 0 Å². The summed E-state index contributed by atoms with van der Waals surface area (Å²) in [5.41, 5.74) is 0. The van der Waals surface area contributed by atoms with Crippen LogP contribution in [-0.4, -0.2) is 24.0 Å². The Kier molecular flexibility index (Phi) is 3.92. The first-order valence-corrected chi connectivity index (χ1v) is 5.24. The van der Waals surface area contributed by atoms with Crippen LogP contribution in [0.4, 0.5) is 0 Å². The molecule has 0 radical (unpaired) electrons. The summed E-state index contributed by atoms with van der Waals surface area (Å²) in [4.78, 5) is 21.6. The second kappa shape index (κ2) is 4.98. The van der Waals surface area contributed by atoms with E-state index >= 15 is 0 Å². The van der Waals surface area contributed by atoms with Crippen LogP contribution in [0.5, 0.6) is 0 Å². The third kappa shape index (κ3) is 2.47. The summed E-state index contributed by atoms with van der Waals surface area (Å²) in [7, 11) is 0. The largest absolute Gasteiger partial charge is 0.460 e. The molecule has 1 amide bonds. The Balaban J connectivity index is 0.000000461. The Hall–Kier alpha value is -1.06. The summed E-state index contributed by atoms with van der Waals surface area (Å²) < 4.78 is 5.04. The molecule has 2 rings (SSSR count). The lowest BCUT2D eigenvalue weighted by molar-refractivity contribution is -0.142. The summed E-state index contributed by atoms with van der Waals surface area (Å²) in [6.07, 6.45) is 2.56. The first-order chi connectivity index (χ1) is 6.75. The average molecular weight is 199 g/mol. The van der Waals surface area contributed by atoms with Crippen LogP contribution >= 0.6 is 0 Å². The Morgan fingerprint density at radius 3 is 2.36 bits per heavy atom. The van der Waals surface area contributed by atoms with Gasteiger partial charge >= 0.3 is 5.97 Å². The van der Waals surface area contributed by atoms with Crippen molar-refractivity contribution in [1.82, 2.24) is 5.32 Å². The van der Waals surface area contributed by atoms with Gasteiger partial charge in [0.15, 0.2) is 0 Å². The molecule has 4 nitrogen and oxygen atoms in total. The summed E-state index contributed by atoms with van der Waals surface area (Å²) in [5, 5.41) is 2.80. The number of esters is 1. The lowest BCUT2D eigenvalue weighted by Crippen LogP contribution is -2.36. The number of hydrogen-bond donors (Lipinski definition) is 1. The third-order valence-corrected chi connectivity index (χ3v) is 2.39. The summed E-state index contributed by atoms with van der Waals surface area (Å²) >= 11 is 0. The van der Waals surface area contributed by atoms with Gasteiger partial charge in [-0.1, -0.05) is 13.8 Å². The summed E-state index contributed by atoms with van der Waals surface area (Å²) in [6.45, 7) is 4.00. The van der Waals surface area contributed by atoms with Gasteiger partial charge in [-0.2, -0.15) is 0 Å². The molecule has 2 saturated heterocycles. The van der Waals surface area contributed by atoms with Crippen LogP contribution in [0.15, 0.2) is 0 Å². The molecule has 2 aliphatic heterocycles. The maximum absolute atomic E-state index is 10.8. The van der Waals surface area contributed by atoms with Crippen LogP contribution < -0.4 is 5.32 Å². The number of hydrogen-bond acceptors (Lipinski definition) is 3. The molecule has 0 bridgehead atoms. The smallest absolute Gasteiger partial charge is 0.306 e. The van der Waals surface area contributed by atoms with Crippen LogP contribution in [0.2, 0.25) is 0 Å². The van der Waals surface area contributed by atoms with Crippen LogP contribution in [0.3, 0.4) is 0 Å². The maximum atomic E-state index is 10.8. The Morgan fingerprint density at radius 1 is 1.21 bits per heavy atom. The van der Waals surface area contributed by atoms with E-state index in [-0.39, 0.29) is 24.0 Å². The molecule has 2 unspecified atom stereocenters. The van der Waals surface area contributed by atoms with Crippen LogP contribution in [-0.2, 0) is 14.3 Å². The van der Waals surface area contributed by atoms with Crippen LogP contribution in [0.25, 0.3) is 0 Å². The van der Waals surface area contributed by atoms with Gasteiger partial charge in [-0.15, -0.1) is 0 Å². The van der Waals surface area contributed by atoms with Gasteiger partial charge in [0.2, 0.25) is 5.91 Å². The molecule has 4 heteroatoms. The molecule has 0 aromatic carbocycles. The van der Waals surface area contributed by atoms with E-state index in [0.29, 0.717) is 12.8 Å². The normalized spacial score (nSPS) is 30.4. The van der Waals surface area contributed by atoms with Gasteiger partial charge in [0.1, 0.15) is 6.10 Å².